The van der Waals surface area contributed by atoms with Gasteiger partial charge in [-0.2, -0.15) is 18.3 Å². The van der Waals surface area contributed by atoms with E-state index in [-0.39, 0.29) is 18.2 Å². The summed E-state index contributed by atoms with van der Waals surface area (Å²) < 4.78 is 38.9. The maximum absolute atomic E-state index is 12.6. The lowest BCUT2D eigenvalue weighted by atomic mass is 10.1. The average molecular weight is 340 g/mol. The highest BCUT2D eigenvalue weighted by atomic mass is 19.4. The Morgan fingerprint density at radius 1 is 1.25 bits per heavy atom. The van der Waals surface area contributed by atoms with Gasteiger partial charge in [-0.25, -0.2) is 9.48 Å². The monoisotopic (exact) mass is 340 g/mol. The average Bonchev–Trinajstić information content (AvgIpc) is 2.47. The van der Waals surface area contributed by atoms with E-state index in [1.54, 1.807) is 0 Å². The minimum Gasteiger partial charge on any atom is -0.477 e. The van der Waals surface area contributed by atoms with Gasteiger partial charge in [0.25, 0.3) is 5.56 Å². The summed E-state index contributed by atoms with van der Waals surface area (Å²) in [7, 11) is 0. The number of halogens is 3. The number of rotatable bonds is 4. The van der Waals surface area contributed by atoms with Gasteiger partial charge in [-0.05, 0) is 24.1 Å². The third-order valence-corrected chi connectivity index (χ3v) is 3.25. The van der Waals surface area contributed by atoms with Crippen molar-refractivity contribution >= 4 is 5.97 Å². The van der Waals surface area contributed by atoms with Crippen molar-refractivity contribution in [3.63, 3.8) is 0 Å². The first-order chi connectivity index (χ1) is 11.1. The lowest BCUT2D eigenvalue weighted by Gasteiger charge is -2.12. The van der Waals surface area contributed by atoms with Gasteiger partial charge in [-0.1, -0.05) is 26.0 Å². The highest BCUT2D eigenvalue weighted by Gasteiger charge is 2.30. The summed E-state index contributed by atoms with van der Waals surface area (Å²) in [6.45, 7) is 3.87. The molecule has 0 aliphatic rings. The van der Waals surface area contributed by atoms with Crippen LogP contribution in [-0.4, -0.2) is 20.9 Å². The van der Waals surface area contributed by atoms with E-state index >= 15 is 0 Å². The Kier molecular flexibility index (Phi) is 4.77. The van der Waals surface area contributed by atoms with E-state index < -0.39 is 28.8 Å². The second kappa shape index (κ2) is 6.46. The third kappa shape index (κ3) is 3.81. The van der Waals surface area contributed by atoms with Gasteiger partial charge < -0.3 is 5.11 Å². The van der Waals surface area contributed by atoms with E-state index in [1.807, 2.05) is 13.8 Å². The predicted octanol–water partition coefficient (Wildman–Crippen LogP) is 3.28. The van der Waals surface area contributed by atoms with E-state index in [9.17, 15) is 22.8 Å². The standard InChI is InChI=1S/C16H15F3N2O3/c1-9(2)8-21-14(22)12(15(23)24)7-13(20-21)10-3-5-11(6-4-10)16(17,18)19/h3-7,9H,8H2,1-2H3,(H,23,24). The van der Waals surface area contributed by atoms with Crippen molar-refractivity contribution in [3.8, 4) is 11.3 Å². The van der Waals surface area contributed by atoms with Gasteiger partial charge in [-0.15, -0.1) is 0 Å². The molecule has 1 heterocycles. The van der Waals surface area contributed by atoms with E-state index in [0.29, 0.717) is 5.56 Å². The second-order valence-corrected chi connectivity index (χ2v) is 5.70. The number of carboxylic acids is 1. The van der Waals surface area contributed by atoms with Gasteiger partial charge in [0.2, 0.25) is 0 Å². The van der Waals surface area contributed by atoms with Crippen LogP contribution in [0.3, 0.4) is 0 Å². The summed E-state index contributed by atoms with van der Waals surface area (Å²) in [4.78, 5) is 23.3. The van der Waals surface area contributed by atoms with E-state index in [0.717, 1.165) is 22.9 Å². The van der Waals surface area contributed by atoms with Gasteiger partial charge in [-0.3, -0.25) is 4.79 Å². The van der Waals surface area contributed by atoms with Crippen LogP contribution in [0.15, 0.2) is 35.1 Å². The molecule has 0 bridgehead atoms. The lowest BCUT2D eigenvalue weighted by Crippen LogP contribution is -2.30. The molecule has 2 rings (SSSR count). The highest BCUT2D eigenvalue weighted by molar-refractivity contribution is 5.88. The number of nitrogens with zero attached hydrogens (tertiary/aromatic N) is 2. The Morgan fingerprint density at radius 3 is 2.29 bits per heavy atom. The molecule has 1 aromatic carbocycles. The van der Waals surface area contributed by atoms with Crippen molar-refractivity contribution in [2.45, 2.75) is 26.6 Å². The number of alkyl halides is 3. The Hall–Kier alpha value is -2.64. The topological polar surface area (TPSA) is 72.2 Å². The summed E-state index contributed by atoms with van der Waals surface area (Å²) >= 11 is 0. The van der Waals surface area contributed by atoms with E-state index in [1.165, 1.54) is 12.1 Å². The largest absolute Gasteiger partial charge is 0.477 e. The first kappa shape index (κ1) is 17.7. The normalized spacial score (nSPS) is 11.8. The summed E-state index contributed by atoms with van der Waals surface area (Å²) in [5.74, 6) is -1.37. The smallest absolute Gasteiger partial charge is 0.416 e. The van der Waals surface area contributed by atoms with Crippen LogP contribution in [0.4, 0.5) is 13.2 Å². The Balaban J connectivity index is 2.55. The summed E-state index contributed by atoms with van der Waals surface area (Å²) in [6, 6.07) is 5.23. The number of benzene rings is 1. The summed E-state index contributed by atoms with van der Waals surface area (Å²) in [6.07, 6.45) is -4.46. The number of hydrogen-bond donors (Lipinski definition) is 1. The molecular formula is C16H15F3N2O3. The van der Waals surface area contributed by atoms with Crippen LogP contribution >= 0.6 is 0 Å². The Bertz CT molecular complexity index is 809. The zero-order valence-electron chi connectivity index (χ0n) is 13.0. The molecule has 0 amide bonds. The number of aromatic nitrogens is 2. The van der Waals surface area contributed by atoms with Crippen molar-refractivity contribution in [3.05, 3.63) is 51.8 Å². The molecule has 1 N–H and O–H groups in total. The molecule has 1 aromatic heterocycles. The van der Waals surface area contributed by atoms with Crippen molar-refractivity contribution in [2.75, 3.05) is 0 Å². The first-order valence-corrected chi connectivity index (χ1v) is 7.12. The van der Waals surface area contributed by atoms with Crippen molar-refractivity contribution in [2.24, 2.45) is 5.92 Å². The number of carbonyl (C=O) groups is 1. The van der Waals surface area contributed by atoms with Crippen LogP contribution in [0.25, 0.3) is 11.3 Å². The maximum Gasteiger partial charge on any atom is 0.416 e. The van der Waals surface area contributed by atoms with Crippen LogP contribution in [0, 0.1) is 5.92 Å². The van der Waals surface area contributed by atoms with Gasteiger partial charge in [0.05, 0.1) is 11.3 Å². The zero-order valence-corrected chi connectivity index (χ0v) is 13.0. The molecule has 0 aliphatic heterocycles. The van der Waals surface area contributed by atoms with Gasteiger partial charge in [0.1, 0.15) is 5.56 Å². The molecule has 0 saturated carbocycles. The fourth-order valence-electron chi connectivity index (χ4n) is 2.14. The molecule has 0 aliphatic carbocycles. The molecule has 2 aromatic rings. The van der Waals surface area contributed by atoms with Crippen molar-refractivity contribution < 1.29 is 23.1 Å². The molecular weight excluding hydrogens is 325 g/mol. The number of carboxylic acid groups (broad SMARTS) is 1. The summed E-state index contributed by atoms with van der Waals surface area (Å²) in [5, 5.41) is 13.2. The highest BCUT2D eigenvalue weighted by Crippen LogP contribution is 2.30. The van der Waals surface area contributed by atoms with Gasteiger partial charge in [0.15, 0.2) is 0 Å². The first-order valence-electron chi connectivity index (χ1n) is 7.12. The van der Waals surface area contributed by atoms with E-state index in [2.05, 4.69) is 5.10 Å². The van der Waals surface area contributed by atoms with Crippen LogP contribution in [-0.2, 0) is 12.7 Å². The summed E-state index contributed by atoms with van der Waals surface area (Å²) in [5.41, 5.74) is -1.61. The fourth-order valence-corrected chi connectivity index (χ4v) is 2.14. The molecule has 0 unspecified atom stereocenters. The van der Waals surface area contributed by atoms with Crippen LogP contribution in [0.2, 0.25) is 0 Å². The van der Waals surface area contributed by atoms with Crippen molar-refractivity contribution in [1.82, 2.24) is 9.78 Å². The molecule has 24 heavy (non-hydrogen) atoms. The molecule has 0 saturated heterocycles. The SMILES string of the molecule is CC(C)Cn1nc(-c2ccc(C(F)(F)F)cc2)cc(C(=O)O)c1=O. The number of hydrogen-bond acceptors (Lipinski definition) is 3. The molecule has 128 valence electrons. The second-order valence-electron chi connectivity index (χ2n) is 5.70. The quantitative estimate of drug-likeness (QED) is 0.927. The molecule has 0 spiro atoms. The van der Waals surface area contributed by atoms with E-state index in [4.69, 9.17) is 5.11 Å². The molecule has 0 fully saturated rings. The molecule has 0 radical (unpaired) electrons. The van der Waals surface area contributed by atoms with Crippen LogP contribution in [0.5, 0.6) is 0 Å². The van der Waals surface area contributed by atoms with Crippen LogP contribution < -0.4 is 5.56 Å². The van der Waals surface area contributed by atoms with Gasteiger partial charge >= 0.3 is 12.1 Å². The van der Waals surface area contributed by atoms with Gasteiger partial charge in [0, 0.05) is 12.1 Å². The lowest BCUT2D eigenvalue weighted by molar-refractivity contribution is -0.137. The Morgan fingerprint density at radius 2 is 1.83 bits per heavy atom. The molecule has 8 heteroatoms. The fraction of sp³-hybridized carbons (Fsp3) is 0.312. The predicted molar refractivity (Wildman–Crippen MR) is 80.7 cm³/mol. The zero-order chi connectivity index (χ0) is 18.1. The third-order valence-electron chi connectivity index (χ3n) is 3.25. The van der Waals surface area contributed by atoms with Crippen molar-refractivity contribution in [1.29, 1.82) is 0 Å². The number of aromatic carboxylic acids is 1. The maximum atomic E-state index is 12.6. The molecule has 5 nitrogen and oxygen atoms in total. The molecule has 0 atom stereocenters. The van der Waals surface area contributed by atoms with Crippen LogP contribution in [0.1, 0.15) is 29.8 Å². The minimum atomic E-state index is -4.46. The minimum absolute atomic E-state index is 0.0414. The Labute approximate surface area is 135 Å².